The Bertz CT molecular complexity index is 322. The van der Waals surface area contributed by atoms with Crippen LogP contribution >= 0.6 is 15.9 Å². The summed E-state index contributed by atoms with van der Waals surface area (Å²) in [6.45, 7) is 0.540. The first-order valence-electron chi connectivity index (χ1n) is 3.95. The fourth-order valence-electron chi connectivity index (χ4n) is 1.06. The van der Waals surface area contributed by atoms with Crippen molar-refractivity contribution in [2.75, 3.05) is 7.05 Å². The molecule has 1 aromatic rings. The lowest BCUT2D eigenvalue weighted by molar-refractivity contribution is -0.137. The number of benzene rings is 1. The monoisotopic (exact) mass is 267 g/mol. The lowest BCUT2D eigenvalue weighted by Gasteiger charge is -2.09. The minimum absolute atomic E-state index is 0.474. The minimum atomic E-state index is -4.28. The smallest absolute Gasteiger partial charge is 0.316 e. The van der Waals surface area contributed by atoms with Crippen LogP contribution in [0.3, 0.4) is 0 Å². The molecule has 0 fully saturated rings. The van der Waals surface area contributed by atoms with Gasteiger partial charge in [0.05, 0.1) is 5.56 Å². The molecule has 1 aromatic carbocycles. The van der Waals surface area contributed by atoms with Crippen molar-refractivity contribution in [2.45, 2.75) is 12.7 Å². The fourth-order valence-corrected chi connectivity index (χ4v) is 1.58. The van der Waals surface area contributed by atoms with Crippen molar-refractivity contribution in [3.8, 4) is 0 Å². The molecule has 0 bridgehead atoms. The van der Waals surface area contributed by atoms with Gasteiger partial charge in [-0.3, -0.25) is 0 Å². The molecule has 0 atom stereocenters. The Morgan fingerprint density at radius 1 is 1.36 bits per heavy atom. The number of hydrogen-bond donors (Lipinski definition) is 1. The first kappa shape index (κ1) is 11.5. The Morgan fingerprint density at radius 2 is 2.00 bits per heavy atom. The Hall–Kier alpha value is -0.550. The van der Waals surface area contributed by atoms with E-state index in [1.54, 1.807) is 7.05 Å². The maximum Gasteiger partial charge on any atom is 0.416 e. The molecule has 0 aliphatic carbocycles. The number of nitrogens with one attached hydrogen (secondary N) is 1. The topological polar surface area (TPSA) is 12.0 Å². The molecule has 0 aliphatic rings. The van der Waals surface area contributed by atoms with E-state index in [9.17, 15) is 13.2 Å². The second-order valence-electron chi connectivity index (χ2n) is 2.83. The zero-order valence-electron chi connectivity index (χ0n) is 7.45. The van der Waals surface area contributed by atoms with Gasteiger partial charge in [-0.1, -0.05) is 22.0 Å². The van der Waals surface area contributed by atoms with Gasteiger partial charge < -0.3 is 5.32 Å². The predicted octanol–water partition coefficient (Wildman–Crippen LogP) is 3.19. The van der Waals surface area contributed by atoms with Crippen molar-refractivity contribution in [2.24, 2.45) is 0 Å². The number of rotatable bonds is 2. The van der Waals surface area contributed by atoms with Gasteiger partial charge in [0.2, 0.25) is 0 Å². The highest BCUT2D eigenvalue weighted by atomic mass is 79.9. The van der Waals surface area contributed by atoms with E-state index in [4.69, 9.17) is 0 Å². The molecule has 5 heteroatoms. The standard InChI is InChI=1S/C9H9BrF3N/c1-14-5-6-2-3-7(4-8(6)10)9(11,12)13/h2-4,14H,5H2,1H3. The van der Waals surface area contributed by atoms with Crippen LogP contribution in [0.1, 0.15) is 11.1 Å². The Labute approximate surface area is 88.4 Å². The van der Waals surface area contributed by atoms with Crippen LogP contribution in [0.4, 0.5) is 13.2 Å². The number of hydrogen-bond acceptors (Lipinski definition) is 1. The summed E-state index contributed by atoms with van der Waals surface area (Å²) in [4.78, 5) is 0. The fraction of sp³-hybridized carbons (Fsp3) is 0.333. The maximum atomic E-state index is 12.2. The van der Waals surface area contributed by atoms with Crippen molar-refractivity contribution in [1.29, 1.82) is 0 Å². The molecule has 0 amide bonds. The van der Waals surface area contributed by atoms with Crippen LogP contribution in [0, 0.1) is 0 Å². The third kappa shape index (κ3) is 2.72. The molecule has 0 aliphatic heterocycles. The third-order valence-corrected chi connectivity index (χ3v) is 2.49. The Morgan fingerprint density at radius 3 is 2.43 bits per heavy atom. The largest absolute Gasteiger partial charge is 0.416 e. The molecule has 14 heavy (non-hydrogen) atoms. The molecule has 1 N–H and O–H groups in total. The molecule has 78 valence electrons. The average molecular weight is 268 g/mol. The third-order valence-electron chi connectivity index (χ3n) is 1.75. The van der Waals surface area contributed by atoms with E-state index < -0.39 is 11.7 Å². The van der Waals surface area contributed by atoms with E-state index in [1.807, 2.05) is 0 Å². The summed E-state index contributed by atoms with van der Waals surface area (Å²) >= 11 is 3.10. The van der Waals surface area contributed by atoms with Crippen LogP contribution in [-0.4, -0.2) is 7.05 Å². The molecular weight excluding hydrogens is 259 g/mol. The molecule has 0 spiro atoms. The number of halogens is 4. The molecule has 0 unspecified atom stereocenters. The van der Waals surface area contributed by atoms with Gasteiger partial charge >= 0.3 is 6.18 Å². The van der Waals surface area contributed by atoms with Gasteiger partial charge in [0.15, 0.2) is 0 Å². The molecule has 0 radical (unpaired) electrons. The van der Waals surface area contributed by atoms with E-state index in [-0.39, 0.29) is 0 Å². The summed E-state index contributed by atoms with van der Waals surface area (Å²) in [5.41, 5.74) is 0.171. The zero-order chi connectivity index (χ0) is 10.8. The summed E-state index contributed by atoms with van der Waals surface area (Å²) in [6, 6.07) is 3.63. The molecule has 1 rings (SSSR count). The van der Waals surface area contributed by atoms with Gasteiger partial charge in [-0.15, -0.1) is 0 Å². The van der Waals surface area contributed by atoms with Gasteiger partial charge in [0, 0.05) is 11.0 Å². The van der Waals surface area contributed by atoms with E-state index in [0.717, 1.165) is 17.7 Å². The minimum Gasteiger partial charge on any atom is -0.316 e. The highest BCUT2D eigenvalue weighted by molar-refractivity contribution is 9.10. The summed E-state index contributed by atoms with van der Waals surface area (Å²) < 4.78 is 37.2. The summed E-state index contributed by atoms with van der Waals surface area (Å²) in [5, 5.41) is 2.87. The van der Waals surface area contributed by atoms with E-state index >= 15 is 0 Å². The van der Waals surface area contributed by atoms with Crippen molar-refractivity contribution >= 4 is 15.9 Å². The highest BCUT2D eigenvalue weighted by Gasteiger charge is 2.30. The normalized spacial score (nSPS) is 11.8. The van der Waals surface area contributed by atoms with Crippen molar-refractivity contribution < 1.29 is 13.2 Å². The van der Waals surface area contributed by atoms with Crippen molar-refractivity contribution in [1.82, 2.24) is 5.32 Å². The van der Waals surface area contributed by atoms with Gasteiger partial charge in [0.1, 0.15) is 0 Å². The highest BCUT2D eigenvalue weighted by Crippen LogP contribution is 2.32. The van der Waals surface area contributed by atoms with Crippen molar-refractivity contribution in [3.05, 3.63) is 33.8 Å². The predicted molar refractivity (Wildman–Crippen MR) is 51.9 cm³/mol. The van der Waals surface area contributed by atoms with Crippen LogP contribution in [0.15, 0.2) is 22.7 Å². The molecule has 0 saturated heterocycles. The Balaban J connectivity index is 3.01. The van der Waals surface area contributed by atoms with E-state index in [1.165, 1.54) is 6.07 Å². The average Bonchev–Trinajstić information content (AvgIpc) is 2.07. The van der Waals surface area contributed by atoms with E-state index in [0.29, 0.717) is 11.0 Å². The van der Waals surface area contributed by atoms with Crippen LogP contribution in [0.25, 0.3) is 0 Å². The van der Waals surface area contributed by atoms with Crippen LogP contribution in [0.2, 0.25) is 0 Å². The van der Waals surface area contributed by atoms with E-state index in [2.05, 4.69) is 21.2 Å². The first-order valence-corrected chi connectivity index (χ1v) is 4.74. The van der Waals surface area contributed by atoms with Gasteiger partial charge in [-0.05, 0) is 24.7 Å². The summed E-state index contributed by atoms with van der Waals surface area (Å²) in [5.74, 6) is 0. The van der Waals surface area contributed by atoms with Crippen molar-refractivity contribution in [3.63, 3.8) is 0 Å². The summed E-state index contributed by atoms with van der Waals surface area (Å²) in [6.07, 6.45) is -4.28. The summed E-state index contributed by atoms with van der Waals surface area (Å²) in [7, 11) is 1.74. The van der Waals surface area contributed by atoms with Crippen LogP contribution in [0.5, 0.6) is 0 Å². The van der Waals surface area contributed by atoms with Gasteiger partial charge in [-0.2, -0.15) is 13.2 Å². The maximum absolute atomic E-state index is 12.2. The Kier molecular flexibility index (Phi) is 3.55. The quantitative estimate of drug-likeness (QED) is 0.868. The first-order chi connectivity index (χ1) is 6.45. The second kappa shape index (κ2) is 4.31. The molecule has 1 nitrogen and oxygen atoms in total. The lowest BCUT2D eigenvalue weighted by atomic mass is 10.1. The SMILES string of the molecule is CNCc1ccc(C(F)(F)F)cc1Br. The van der Waals surface area contributed by atoms with Crippen LogP contribution < -0.4 is 5.32 Å². The zero-order valence-corrected chi connectivity index (χ0v) is 9.04. The molecule has 0 aromatic heterocycles. The molecular formula is C9H9BrF3N. The molecule has 0 saturated carbocycles. The lowest BCUT2D eigenvalue weighted by Crippen LogP contribution is -2.08. The van der Waals surface area contributed by atoms with Gasteiger partial charge in [-0.25, -0.2) is 0 Å². The second-order valence-corrected chi connectivity index (χ2v) is 3.69. The van der Waals surface area contributed by atoms with Crippen LogP contribution in [-0.2, 0) is 12.7 Å². The van der Waals surface area contributed by atoms with Gasteiger partial charge in [0.25, 0.3) is 0 Å². The molecule has 0 heterocycles. The number of alkyl halides is 3.